The summed E-state index contributed by atoms with van der Waals surface area (Å²) in [4.78, 5) is 15.8. The number of rotatable bonds is 5. The van der Waals surface area contributed by atoms with Gasteiger partial charge >= 0.3 is 5.97 Å². The number of aromatic nitrogens is 1. The Hall–Kier alpha value is -1.82. The Labute approximate surface area is 125 Å². The number of hydrogen-bond acceptors (Lipinski definition) is 5. The number of nitrogens with one attached hydrogen (secondary N) is 1. The monoisotopic (exact) mass is 338 g/mol. The van der Waals surface area contributed by atoms with Gasteiger partial charge in [0, 0.05) is 13.0 Å². The number of furan rings is 1. The number of pyridine rings is 1. The lowest BCUT2D eigenvalue weighted by atomic mass is 10.2. The van der Waals surface area contributed by atoms with Gasteiger partial charge in [0.2, 0.25) is 0 Å². The van der Waals surface area contributed by atoms with Crippen LogP contribution in [0.5, 0.6) is 0 Å². The molecule has 1 N–H and O–H groups in total. The molecule has 20 heavy (non-hydrogen) atoms. The van der Waals surface area contributed by atoms with Crippen LogP contribution in [0.2, 0.25) is 0 Å². The van der Waals surface area contributed by atoms with E-state index in [2.05, 4.69) is 31.0 Å². The second-order valence-corrected chi connectivity index (χ2v) is 4.99. The zero-order chi connectivity index (χ0) is 14.5. The number of nitrogens with zero attached hydrogens (tertiary/aromatic N) is 1. The number of methoxy groups -OCH3 is 1. The van der Waals surface area contributed by atoms with E-state index in [0.717, 1.165) is 22.7 Å². The fourth-order valence-corrected chi connectivity index (χ4v) is 2.13. The Morgan fingerprint density at radius 2 is 2.20 bits per heavy atom. The first kappa shape index (κ1) is 14.6. The number of carbonyl (C=O) groups is 1. The molecule has 0 bridgehead atoms. The Morgan fingerprint density at radius 3 is 2.80 bits per heavy atom. The molecule has 0 atom stereocenters. The normalized spacial score (nSPS) is 10.3. The van der Waals surface area contributed by atoms with Crippen LogP contribution in [0.15, 0.2) is 33.4 Å². The van der Waals surface area contributed by atoms with Crippen molar-refractivity contribution < 1.29 is 13.9 Å². The summed E-state index contributed by atoms with van der Waals surface area (Å²) in [6, 6.07) is 7.25. The van der Waals surface area contributed by atoms with Crippen LogP contribution in [0.3, 0.4) is 0 Å². The summed E-state index contributed by atoms with van der Waals surface area (Å²) in [7, 11) is 1.36. The van der Waals surface area contributed by atoms with Gasteiger partial charge in [-0.2, -0.15) is 0 Å². The maximum atomic E-state index is 11.4. The molecule has 2 aromatic heterocycles. The number of anilines is 1. The molecule has 0 aliphatic rings. The van der Waals surface area contributed by atoms with E-state index >= 15 is 0 Å². The Morgan fingerprint density at radius 1 is 1.40 bits per heavy atom. The topological polar surface area (TPSA) is 64.4 Å². The molecule has 0 fully saturated rings. The molecular weight excluding hydrogens is 324 g/mol. The van der Waals surface area contributed by atoms with E-state index in [1.807, 2.05) is 12.1 Å². The van der Waals surface area contributed by atoms with Crippen molar-refractivity contribution in [1.29, 1.82) is 0 Å². The molecule has 5 nitrogen and oxygen atoms in total. The fraction of sp³-hybridized carbons (Fsp3) is 0.286. The molecule has 0 radical (unpaired) electrons. The minimum Gasteiger partial charge on any atom is -0.465 e. The Bertz CT molecular complexity index is 610. The third-order valence-corrected chi connectivity index (χ3v) is 3.22. The standard InChI is InChI=1S/C14H15BrN2O3/c1-9-11(14(18)19-2)4-6-13(17-9)16-8-7-10-3-5-12(15)20-10/h3-6H,7-8H2,1-2H3,(H,16,17). The SMILES string of the molecule is COC(=O)c1ccc(NCCc2ccc(Br)o2)nc1C. The highest BCUT2D eigenvalue weighted by Crippen LogP contribution is 2.15. The highest BCUT2D eigenvalue weighted by atomic mass is 79.9. The summed E-state index contributed by atoms with van der Waals surface area (Å²) in [5.74, 6) is 1.25. The van der Waals surface area contributed by atoms with Gasteiger partial charge in [0.1, 0.15) is 11.6 Å². The molecule has 0 aliphatic carbocycles. The first-order chi connectivity index (χ1) is 9.60. The van der Waals surface area contributed by atoms with Crippen LogP contribution in [-0.4, -0.2) is 24.6 Å². The summed E-state index contributed by atoms with van der Waals surface area (Å²) < 4.78 is 10.8. The van der Waals surface area contributed by atoms with Crippen molar-refractivity contribution >= 4 is 27.7 Å². The van der Waals surface area contributed by atoms with E-state index in [4.69, 9.17) is 4.42 Å². The van der Waals surface area contributed by atoms with Crippen LogP contribution in [0.1, 0.15) is 21.8 Å². The highest BCUT2D eigenvalue weighted by Gasteiger charge is 2.10. The smallest absolute Gasteiger partial charge is 0.339 e. The van der Waals surface area contributed by atoms with Crippen LogP contribution in [0, 0.1) is 6.92 Å². The average molecular weight is 339 g/mol. The van der Waals surface area contributed by atoms with Crippen LogP contribution < -0.4 is 5.32 Å². The Balaban J connectivity index is 1.93. The summed E-state index contributed by atoms with van der Waals surface area (Å²) in [5.41, 5.74) is 1.12. The molecule has 0 saturated carbocycles. The summed E-state index contributed by atoms with van der Waals surface area (Å²) in [6.45, 7) is 2.48. The highest BCUT2D eigenvalue weighted by molar-refractivity contribution is 9.10. The van der Waals surface area contributed by atoms with E-state index in [9.17, 15) is 4.79 Å². The molecule has 0 spiro atoms. The van der Waals surface area contributed by atoms with E-state index in [1.165, 1.54) is 7.11 Å². The molecule has 2 rings (SSSR count). The Kier molecular flexibility index (Phi) is 4.79. The molecule has 0 unspecified atom stereocenters. The van der Waals surface area contributed by atoms with Gasteiger partial charge in [0.25, 0.3) is 0 Å². The van der Waals surface area contributed by atoms with Crippen molar-refractivity contribution in [2.45, 2.75) is 13.3 Å². The van der Waals surface area contributed by atoms with Gasteiger partial charge in [0.15, 0.2) is 4.67 Å². The van der Waals surface area contributed by atoms with Crippen molar-refractivity contribution in [2.75, 3.05) is 19.0 Å². The second-order valence-electron chi connectivity index (χ2n) is 4.20. The van der Waals surface area contributed by atoms with Crippen molar-refractivity contribution in [3.05, 3.63) is 46.0 Å². The lowest BCUT2D eigenvalue weighted by Crippen LogP contribution is -2.09. The molecule has 0 aliphatic heterocycles. The van der Waals surface area contributed by atoms with Crippen LogP contribution in [-0.2, 0) is 11.2 Å². The molecule has 2 aromatic rings. The first-order valence-electron chi connectivity index (χ1n) is 6.14. The second kappa shape index (κ2) is 6.56. The zero-order valence-corrected chi connectivity index (χ0v) is 12.9. The van der Waals surface area contributed by atoms with Gasteiger partial charge in [-0.1, -0.05) is 0 Å². The number of halogens is 1. The van der Waals surface area contributed by atoms with Gasteiger partial charge in [-0.05, 0) is 47.1 Å². The van der Waals surface area contributed by atoms with Gasteiger partial charge in [-0.3, -0.25) is 0 Å². The molecule has 6 heteroatoms. The number of hydrogen-bond donors (Lipinski definition) is 1. The maximum absolute atomic E-state index is 11.4. The van der Waals surface area contributed by atoms with Gasteiger partial charge in [0.05, 0.1) is 18.4 Å². The van der Waals surface area contributed by atoms with Crippen molar-refractivity contribution in [1.82, 2.24) is 4.98 Å². The first-order valence-corrected chi connectivity index (χ1v) is 6.93. The zero-order valence-electron chi connectivity index (χ0n) is 11.3. The number of carbonyl (C=O) groups excluding carboxylic acids is 1. The third kappa shape index (κ3) is 3.60. The molecule has 0 saturated heterocycles. The average Bonchev–Trinajstić information content (AvgIpc) is 2.84. The van der Waals surface area contributed by atoms with Gasteiger partial charge < -0.3 is 14.5 Å². The fourth-order valence-electron chi connectivity index (χ4n) is 1.79. The maximum Gasteiger partial charge on any atom is 0.339 e. The van der Waals surface area contributed by atoms with Crippen LogP contribution in [0.25, 0.3) is 0 Å². The minimum absolute atomic E-state index is 0.373. The van der Waals surface area contributed by atoms with E-state index in [-0.39, 0.29) is 5.97 Å². The number of esters is 1. The minimum atomic E-state index is -0.373. The van der Waals surface area contributed by atoms with Crippen molar-refractivity contribution in [3.8, 4) is 0 Å². The molecular formula is C14H15BrN2O3. The summed E-state index contributed by atoms with van der Waals surface area (Å²) >= 11 is 3.26. The van der Waals surface area contributed by atoms with Crippen LogP contribution >= 0.6 is 15.9 Å². The molecule has 0 amide bonds. The summed E-state index contributed by atoms with van der Waals surface area (Å²) in [5, 5.41) is 3.19. The predicted molar refractivity (Wildman–Crippen MR) is 78.9 cm³/mol. The molecule has 106 valence electrons. The van der Waals surface area contributed by atoms with Gasteiger partial charge in [-0.15, -0.1) is 0 Å². The lowest BCUT2D eigenvalue weighted by molar-refractivity contribution is 0.0599. The molecule has 2 heterocycles. The van der Waals surface area contributed by atoms with Crippen molar-refractivity contribution in [2.24, 2.45) is 0 Å². The lowest BCUT2D eigenvalue weighted by Gasteiger charge is -2.08. The quantitative estimate of drug-likeness (QED) is 0.848. The van der Waals surface area contributed by atoms with E-state index in [1.54, 1.807) is 19.1 Å². The largest absolute Gasteiger partial charge is 0.465 e. The number of aryl methyl sites for hydroxylation is 1. The molecule has 0 aromatic carbocycles. The number of ether oxygens (including phenoxy) is 1. The van der Waals surface area contributed by atoms with E-state index in [0.29, 0.717) is 17.8 Å². The predicted octanol–water partition coefficient (Wildman–Crippen LogP) is 3.19. The third-order valence-electron chi connectivity index (χ3n) is 2.80. The summed E-state index contributed by atoms with van der Waals surface area (Å²) in [6.07, 6.45) is 0.755. The van der Waals surface area contributed by atoms with Crippen molar-refractivity contribution in [3.63, 3.8) is 0 Å². The van der Waals surface area contributed by atoms with E-state index < -0.39 is 0 Å². The van der Waals surface area contributed by atoms with Gasteiger partial charge in [-0.25, -0.2) is 9.78 Å². The van der Waals surface area contributed by atoms with Crippen LogP contribution in [0.4, 0.5) is 5.82 Å².